The van der Waals surface area contributed by atoms with Crippen LogP contribution in [-0.4, -0.2) is 19.1 Å². The number of halogens is 1. The molecule has 0 amide bonds. The number of hydrogen-bond donors (Lipinski definition) is 0. The number of aromatic nitrogens is 1. The second-order valence-corrected chi connectivity index (χ2v) is 5.78. The molecule has 1 heterocycles. The maximum Gasteiger partial charge on any atom is 0.145 e. The molecular weight excluding hydrogens is 316 g/mol. The van der Waals surface area contributed by atoms with Gasteiger partial charge in [-0.25, -0.2) is 4.98 Å². The van der Waals surface area contributed by atoms with Gasteiger partial charge in [-0.1, -0.05) is 6.07 Å². The molecule has 0 saturated heterocycles. The Morgan fingerprint density at radius 1 is 1.15 bits per heavy atom. The Labute approximate surface area is 128 Å². The first kappa shape index (κ1) is 14.9. The number of pyridine rings is 1. The second kappa shape index (κ2) is 5.83. The van der Waals surface area contributed by atoms with E-state index < -0.39 is 0 Å². The summed E-state index contributed by atoms with van der Waals surface area (Å²) >= 11 is 3.48. The van der Waals surface area contributed by atoms with Gasteiger partial charge in [0.25, 0.3) is 0 Å². The number of aryl methyl sites for hydroxylation is 3. The molecule has 1 aromatic carbocycles. The van der Waals surface area contributed by atoms with Crippen molar-refractivity contribution in [2.24, 2.45) is 0 Å². The van der Waals surface area contributed by atoms with Crippen LogP contribution in [0.1, 0.15) is 16.8 Å². The van der Waals surface area contributed by atoms with Gasteiger partial charge in [-0.15, -0.1) is 0 Å². The van der Waals surface area contributed by atoms with E-state index in [1.54, 1.807) is 7.11 Å². The van der Waals surface area contributed by atoms with Crippen LogP contribution in [0.2, 0.25) is 0 Å². The molecule has 0 atom stereocenters. The van der Waals surface area contributed by atoms with Crippen LogP contribution >= 0.6 is 15.9 Å². The molecule has 0 fully saturated rings. The molecule has 0 bridgehead atoms. The fourth-order valence-corrected chi connectivity index (χ4v) is 2.51. The normalized spacial score (nSPS) is 10.5. The molecule has 1 aromatic heterocycles. The quantitative estimate of drug-likeness (QED) is 0.823. The molecule has 0 aliphatic heterocycles. The number of hydrogen-bond acceptors (Lipinski definition) is 3. The van der Waals surface area contributed by atoms with Gasteiger partial charge >= 0.3 is 0 Å². The molecule has 0 radical (unpaired) electrons. The van der Waals surface area contributed by atoms with E-state index in [-0.39, 0.29) is 0 Å². The standard InChI is InChI=1S/C16H19BrN2O/c1-10-8-11(2)16(20-5)14(9-10)19(4)15-7-6-13(17)12(3)18-15/h6-9H,1-5H3. The SMILES string of the molecule is COc1c(C)cc(C)cc1N(C)c1ccc(Br)c(C)n1. The zero-order valence-electron chi connectivity index (χ0n) is 12.5. The molecule has 0 spiro atoms. The molecule has 0 aliphatic carbocycles. The number of nitrogens with zero attached hydrogens (tertiary/aromatic N) is 2. The van der Waals surface area contributed by atoms with E-state index in [1.807, 2.05) is 26.1 Å². The van der Waals surface area contributed by atoms with Crippen molar-refractivity contribution in [2.75, 3.05) is 19.1 Å². The minimum atomic E-state index is 0.889. The van der Waals surface area contributed by atoms with Gasteiger partial charge in [0.15, 0.2) is 0 Å². The van der Waals surface area contributed by atoms with Crippen molar-refractivity contribution >= 4 is 27.4 Å². The maximum absolute atomic E-state index is 5.55. The van der Waals surface area contributed by atoms with Gasteiger partial charge in [-0.05, 0) is 66.0 Å². The Hall–Kier alpha value is -1.55. The highest BCUT2D eigenvalue weighted by Gasteiger charge is 2.14. The van der Waals surface area contributed by atoms with Crippen LogP contribution in [0.3, 0.4) is 0 Å². The van der Waals surface area contributed by atoms with E-state index >= 15 is 0 Å². The predicted molar refractivity (Wildman–Crippen MR) is 87.2 cm³/mol. The van der Waals surface area contributed by atoms with Gasteiger partial charge in [-0.3, -0.25) is 0 Å². The van der Waals surface area contributed by atoms with Gasteiger partial charge in [-0.2, -0.15) is 0 Å². The molecule has 2 rings (SSSR count). The van der Waals surface area contributed by atoms with Crippen molar-refractivity contribution in [3.63, 3.8) is 0 Å². The first-order valence-corrected chi connectivity index (χ1v) is 7.25. The monoisotopic (exact) mass is 334 g/mol. The average Bonchev–Trinajstić information content (AvgIpc) is 2.40. The van der Waals surface area contributed by atoms with Crippen LogP contribution in [-0.2, 0) is 0 Å². The topological polar surface area (TPSA) is 25.4 Å². The summed E-state index contributed by atoms with van der Waals surface area (Å²) in [5, 5.41) is 0. The van der Waals surface area contributed by atoms with Crippen molar-refractivity contribution in [1.29, 1.82) is 0 Å². The molecule has 0 aliphatic rings. The highest BCUT2D eigenvalue weighted by Crippen LogP contribution is 2.36. The first-order chi connectivity index (χ1) is 9.43. The predicted octanol–water partition coefficient (Wildman–Crippen LogP) is 4.55. The summed E-state index contributed by atoms with van der Waals surface area (Å²) in [5.41, 5.74) is 4.33. The maximum atomic E-state index is 5.55. The Kier molecular flexibility index (Phi) is 4.33. The summed E-state index contributed by atoms with van der Waals surface area (Å²) in [5.74, 6) is 1.79. The fraction of sp³-hybridized carbons (Fsp3) is 0.312. The van der Waals surface area contributed by atoms with Crippen molar-refractivity contribution in [2.45, 2.75) is 20.8 Å². The molecule has 20 heavy (non-hydrogen) atoms. The third kappa shape index (κ3) is 2.80. The highest BCUT2D eigenvalue weighted by atomic mass is 79.9. The van der Waals surface area contributed by atoms with Crippen LogP contribution < -0.4 is 9.64 Å². The van der Waals surface area contributed by atoms with Gasteiger partial charge in [0.05, 0.1) is 18.5 Å². The summed E-state index contributed by atoms with van der Waals surface area (Å²) in [6, 6.07) is 8.25. The Morgan fingerprint density at radius 2 is 1.85 bits per heavy atom. The number of anilines is 2. The summed E-state index contributed by atoms with van der Waals surface area (Å²) < 4.78 is 6.56. The second-order valence-electron chi connectivity index (χ2n) is 4.93. The molecule has 0 unspecified atom stereocenters. The molecule has 2 aromatic rings. The lowest BCUT2D eigenvalue weighted by atomic mass is 10.1. The van der Waals surface area contributed by atoms with Gasteiger partial charge in [0.2, 0.25) is 0 Å². The van der Waals surface area contributed by atoms with Gasteiger partial charge in [0.1, 0.15) is 11.6 Å². The Balaban J connectivity index is 2.52. The van der Waals surface area contributed by atoms with Gasteiger partial charge in [0, 0.05) is 11.5 Å². The van der Waals surface area contributed by atoms with Crippen LogP contribution in [0.4, 0.5) is 11.5 Å². The minimum absolute atomic E-state index is 0.889. The molecule has 4 heteroatoms. The van der Waals surface area contributed by atoms with Crippen LogP contribution in [0.25, 0.3) is 0 Å². The number of rotatable bonds is 3. The van der Waals surface area contributed by atoms with Crippen LogP contribution in [0.15, 0.2) is 28.7 Å². The summed E-state index contributed by atoms with van der Waals surface area (Å²) in [6.07, 6.45) is 0. The molecule has 3 nitrogen and oxygen atoms in total. The largest absolute Gasteiger partial charge is 0.494 e. The summed E-state index contributed by atoms with van der Waals surface area (Å²) in [4.78, 5) is 6.66. The van der Waals surface area contributed by atoms with Crippen molar-refractivity contribution in [3.8, 4) is 5.75 Å². The third-order valence-corrected chi connectivity index (χ3v) is 4.15. The minimum Gasteiger partial charge on any atom is -0.494 e. The molecule has 0 N–H and O–H groups in total. The molecular formula is C16H19BrN2O. The molecule has 0 saturated carbocycles. The summed E-state index contributed by atoms with van der Waals surface area (Å²) in [7, 11) is 3.71. The zero-order valence-corrected chi connectivity index (χ0v) is 14.1. The Bertz CT molecular complexity index is 641. The van der Waals surface area contributed by atoms with Crippen LogP contribution in [0.5, 0.6) is 5.75 Å². The third-order valence-electron chi connectivity index (χ3n) is 3.32. The van der Waals surface area contributed by atoms with E-state index in [4.69, 9.17) is 4.74 Å². The number of benzene rings is 1. The van der Waals surface area contributed by atoms with E-state index in [2.05, 4.69) is 51.8 Å². The first-order valence-electron chi connectivity index (χ1n) is 6.46. The van der Waals surface area contributed by atoms with Crippen molar-refractivity contribution < 1.29 is 4.74 Å². The zero-order chi connectivity index (χ0) is 14.9. The van der Waals surface area contributed by atoms with Gasteiger partial charge < -0.3 is 9.64 Å². The smallest absolute Gasteiger partial charge is 0.145 e. The van der Waals surface area contributed by atoms with E-state index in [9.17, 15) is 0 Å². The lowest BCUT2D eigenvalue weighted by molar-refractivity contribution is 0.412. The fourth-order valence-electron chi connectivity index (χ4n) is 2.29. The summed E-state index contributed by atoms with van der Waals surface area (Å²) in [6.45, 7) is 6.13. The van der Waals surface area contributed by atoms with E-state index in [1.165, 1.54) is 5.56 Å². The number of ether oxygens (including phenoxy) is 1. The highest BCUT2D eigenvalue weighted by molar-refractivity contribution is 9.10. The number of methoxy groups -OCH3 is 1. The lowest BCUT2D eigenvalue weighted by Crippen LogP contribution is -2.13. The van der Waals surface area contributed by atoms with E-state index in [0.717, 1.165) is 33.0 Å². The Morgan fingerprint density at radius 3 is 2.45 bits per heavy atom. The lowest BCUT2D eigenvalue weighted by Gasteiger charge is -2.23. The van der Waals surface area contributed by atoms with E-state index in [0.29, 0.717) is 0 Å². The average molecular weight is 335 g/mol. The molecule has 106 valence electrons. The van der Waals surface area contributed by atoms with Crippen molar-refractivity contribution in [3.05, 3.63) is 45.6 Å². The van der Waals surface area contributed by atoms with Crippen molar-refractivity contribution in [1.82, 2.24) is 4.98 Å². The van der Waals surface area contributed by atoms with Crippen LogP contribution in [0, 0.1) is 20.8 Å².